The lowest BCUT2D eigenvalue weighted by molar-refractivity contribution is -0.166. The Morgan fingerprint density at radius 2 is 1.73 bits per heavy atom. The summed E-state index contributed by atoms with van der Waals surface area (Å²) in [7, 11) is -3.82. The first-order chi connectivity index (χ1) is 26.5. The van der Waals surface area contributed by atoms with Crippen molar-refractivity contribution in [2.45, 2.75) is 145 Å². The minimum atomic E-state index is -3.82. The van der Waals surface area contributed by atoms with Crippen molar-refractivity contribution in [3.05, 3.63) is 48.7 Å². The number of fused-ring (bicyclic) bond motifs is 5. The van der Waals surface area contributed by atoms with Gasteiger partial charge in [-0.05, 0) is 94.1 Å². The predicted molar refractivity (Wildman–Crippen MR) is 207 cm³/mol. The molecular weight excluding hydrogens is 719 g/mol. The third-order valence-electron chi connectivity index (χ3n) is 13.7. The van der Waals surface area contributed by atoms with Gasteiger partial charge >= 0.3 is 0 Å². The van der Waals surface area contributed by atoms with Crippen molar-refractivity contribution in [3.8, 4) is 5.75 Å². The van der Waals surface area contributed by atoms with E-state index in [0.717, 1.165) is 93.6 Å². The number of sulfonamides is 1. The second-order valence-corrected chi connectivity index (χ2v) is 19.4. The Kier molecular flexibility index (Phi) is 11.1. The fourth-order valence-corrected chi connectivity index (χ4v) is 11.7. The Bertz CT molecular complexity index is 1890. The van der Waals surface area contributed by atoms with Gasteiger partial charge in [0.2, 0.25) is 21.8 Å². The Morgan fingerprint density at radius 3 is 2.49 bits per heavy atom. The molecule has 5 fully saturated rings. The molecule has 55 heavy (non-hydrogen) atoms. The van der Waals surface area contributed by atoms with Crippen LogP contribution in [0.5, 0.6) is 5.75 Å². The summed E-state index contributed by atoms with van der Waals surface area (Å²) in [6, 6.07) is 9.09. The number of carbonyl (C=O) groups excluding carboxylic acids is 3. The molecule has 0 radical (unpaired) electrons. The average molecular weight is 776 g/mol. The molecule has 6 aliphatic rings. The zero-order chi connectivity index (χ0) is 38.3. The van der Waals surface area contributed by atoms with Crippen LogP contribution >= 0.6 is 0 Å². The molecule has 2 bridgehead atoms. The number of carbonyl (C=O) groups is 3. The summed E-state index contributed by atoms with van der Waals surface area (Å²) in [6.45, 7) is 4.05. The number of amides is 2. The SMILES string of the molecule is C=C[C@@H]1C[C@]1(CC(=O)[C@@H]1C[C@@H]2CN1C(=O)[C@H](C1CCCC1)CC(O)OC1CCC[C@H]1CCCCCc1nc3ccccc3cc1O2)C(=O)NS(=O)(=O)C1CC1. The van der Waals surface area contributed by atoms with E-state index in [9.17, 15) is 27.9 Å². The number of nitrogens with zero attached hydrogens (tertiary/aromatic N) is 2. The monoisotopic (exact) mass is 775 g/mol. The number of aryl methyl sites for hydroxylation is 1. The number of aliphatic hydroxyl groups is 1. The van der Waals surface area contributed by atoms with Gasteiger partial charge in [-0.25, -0.2) is 13.4 Å². The van der Waals surface area contributed by atoms with E-state index in [1.807, 2.05) is 30.3 Å². The van der Waals surface area contributed by atoms with Gasteiger partial charge in [-0.1, -0.05) is 56.4 Å². The number of Topliss-reactive ketones (excluding diaryl/α,β-unsaturated/α-hetero) is 1. The summed E-state index contributed by atoms with van der Waals surface area (Å²) in [4.78, 5) is 49.9. The molecule has 2 aliphatic heterocycles. The molecule has 2 N–H and O–H groups in total. The lowest BCUT2D eigenvalue weighted by Crippen LogP contribution is -2.48. The van der Waals surface area contributed by atoms with Gasteiger partial charge in [0, 0.05) is 30.6 Å². The molecule has 4 aliphatic carbocycles. The number of hydrogen-bond donors (Lipinski definition) is 2. The number of hydrogen-bond acceptors (Lipinski definition) is 9. The fourth-order valence-electron chi connectivity index (χ4n) is 10.3. The third kappa shape index (κ3) is 8.24. The summed E-state index contributed by atoms with van der Waals surface area (Å²) < 4.78 is 41.1. The summed E-state index contributed by atoms with van der Waals surface area (Å²) in [5.74, 6) is -0.944. The van der Waals surface area contributed by atoms with E-state index in [4.69, 9.17) is 14.5 Å². The molecule has 1 aromatic carbocycles. The van der Waals surface area contributed by atoms with Gasteiger partial charge in [-0.2, -0.15) is 0 Å². The fraction of sp³-hybridized carbons (Fsp3) is 0.674. The van der Waals surface area contributed by atoms with E-state index < -0.39 is 50.9 Å². The second-order valence-electron chi connectivity index (χ2n) is 17.4. The number of ether oxygens (including phenoxy) is 2. The zero-order valence-electron chi connectivity index (χ0n) is 31.9. The highest BCUT2D eigenvalue weighted by Crippen LogP contribution is 2.57. The van der Waals surface area contributed by atoms with Gasteiger partial charge < -0.3 is 19.5 Å². The van der Waals surface area contributed by atoms with Crippen molar-refractivity contribution in [2.75, 3.05) is 6.54 Å². The molecule has 8 atom stereocenters. The molecular formula is C43H57N3O8S. The van der Waals surface area contributed by atoms with Gasteiger partial charge in [0.1, 0.15) is 11.9 Å². The quantitative estimate of drug-likeness (QED) is 0.301. The normalized spacial score (nSPS) is 33.6. The summed E-state index contributed by atoms with van der Waals surface area (Å²) >= 11 is 0. The molecule has 12 heteroatoms. The van der Waals surface area contributed by atoms with Crippen molar-refractivity contribution >= 4 is 38.5 Å². The standard InChI is InChI=1S/C43H57N3O8S/c1-2-30-24-43(30,42(50)45-55(51,52)32-19-20-32)25-37(47)36-22-31-26-46(36)41(49)33(27-11-6-7-12-27)23-40(48)54-38-18-10-15-28(38)13-4-3-5-17-35-39(53-31)21-29-14-8-9-16-34(29)44-35/h2,8-9,14,16,21,27-28,30-33,36,38,40,48H,1,3-7,10-13,15,17-20,22-26H2,(H,45,50)/t28-,30-,31-,33+,36+,38?,40?,43-/m1/s1. The largest absolute Gasteiger partial charge is 0.487 e. The van der Waals surface area contributed by atoms with Crippen LogP contribution < -0.4 is 9.46 Å². The van der Waals surface area contributed by atoms with Crippen LogP contribution in [-0.2, 0) is 35.6 Å². The minimum absolute atomic E-state index is 0.0386. The van der Waals surface area contributed by atoms with Crippen molar-refractivity contribution in [1.29, 1.82) is 0 Å². The van der Waals surface area contributed by atoms with Crippen LogP contribution in [0.3, 0.4) is 0 Å². The van der Waals surface area contributed by atoms with Gasteiger partial charge in [0.25, 0.3) is 0 Å². The molecule has 11 nitrogen and oxygen atoms in total. The molecule has 298 valence electrons. The number of para-hydroxylation sites is 1. The van der Waals surface area contributed by atoms with E-state index in [-0.39, 0.29) is 55.4 Å². The number of rotatable bonds is 8. The van der Waals surface area contributed by atoms with Crippen LogP contribution in [0.2, 0.25) is 0 Å². The number of pyridine rings is 1. The first-order valence-electron chi connectivity index (χ1n) is 21.0. The Balaban J connectivity index is 1.11. The topological polar surface area (TPSA) is 152 Å². The third-order valence-corrected chi connectivity index (χ3v) is 15.5. The van der Waals surface area contributed by atoms with E-state index in [1.165, 1.54) is 0 Å². The number of ketones is 1. The highest BCUT2D eigenvalue weighted by atomic mass is 32.2. The van der Waals surface area contributed by atoms with E-state index in [0.29, 0.717) is 30.9 Å². The first kappa shape index (κ1) is 38.5. The number of nitrogens with one attached hydrogen (secondary N) is 1. The molecule has 3 heterocycles. The van der Waals surface area contributed by atoms with Crippen LogP contribution in [0.25, 0.3) is 10.9 Å². The number of aromatic nitrogens is 1. The lowest BCUT2D eigenvalue weighted by Gasteiger charge is -2.33. The smallest absolute Gasteiger partial charge is 0.240 e. The number of aliphatic hydroxyl groups excluding tert-OH is 1. The predicted octanol–water partition coefficient (Wildman–Crippen LogP) is 6.16. The maximum Gasteiger partial charge on any atom is 0.240 e. The molecule has 1 saturated heterocycles. The van der Waals surface area contributed by atoms with Crippen molar-refractivity contribution in [1.82, 2.24) is 14.6 Å². The van der Waals surface area contributed by atoms with Crippen LogP contribution in [-0.4, -0.2) is 77.3 Å². The van der Waals surface area contributed by atoms with E-state index >= 15 is 0 Å². The minimum Gasteiger partial charge on any atom is -0.487 e. The second kappa shape index (κ2) is 15.9. The summed E-state index contributed by atoms with van der Waals surface area (Å²) in [6.07, 6.45) is 13.1. The lowest BCUT2D eigenvalue weighted by atomic mass is 9.85. The maximum atomic E-state index is 15.0. The van der Waals surface area contributed by atoms with Gasteiger partial charge in [0.15, 0.2) is 12.1 Å². The van der Waals surface area contributed by atoms with Crippen LogP contribution in [0.1, 0.15) is 115 Å². The first-order valence-corrected chi connectivity index (χ1v) is 22.5. The van der Waals surface area contributed by atoms with Gasteiger partial charge in [0.05, 0.1) is 40.6 Å². The van der Waals surface area contributed by atoms with E-state index in [2.05, 4.69) is 11.3 Å². The Hall–Kier alpha value is -3.35. The number of benzene rings is 1. The van der Waals surface area contributed by atoms with Gasteiger partial charge in [-0.3, -0.25) is 19.1 Å². The van der Waals surface area contributed by atoms with Crippen molar-refractivity contribution < 1.29 is 37.4 Å². The van der Waals surface area contributed by atoms with Crippen LogP contribution in [0, 0.1) is 29.1 Å². The molecule has 2 aromatic rings. The maximum absolute atomic E-state index is 15.0. The molecule has 2 amide bonds. The van der Waals surface area contributed by atoms with Crippen molar-refractivity contribution in [2.24, 2.45) is 29.1 Å². The highest BCUT2D eigenvalue weighted by molar-refractivity contribution is 7.90. The van der Waals surface area contributed by atoms with Crippen LogP contribution in [0.15, 0.2) is 43.0 Å². The molecule has 8 rings (SSSR count). The van der Waals surface area contributed by atoms with E-state index in [1.54, 1.807) is 11.0 Å². The average Bonchev–Trinajstić information content (AvgIpc) is 3.95. The summed E-state index contributed by atoms with van der Waals surface area (Å²) in [5.41, 5.74) is 0.518. The Morgan fingerprint density at radius 1 is 0.982 bits per heavy atom. The Labute approximate surface area is 325 Å². The molecule has 1 aromatic heterocycles. The number of allylic oxidation sites excluding steroid dienone is 1. The van der Waals surface area contributed by atoms with Crippen LogP contribution in [0.4, 0.5) is 0 Å². The summed E-state index contributed by atoms with van der Waals surface area (Å²) in [5, 5.41) is 11.8. The zero-order valence-corrected chi connectivity index (χ0v) is 32.7. The molecule has 2 unspecified atom stereocenters. The van der Waals surface area contributed by atoms with Crippen molar-refractivity contribution in [3.63, 3.8) is 0 Å². The highest BCUT2D eigenvalue weighted by Gasteiger charge is 2.61. The molecule has 4 saturated carbocycles. The van der Waals surface area contributed by atoms with Gasteiger partial charge in [-0.15, -0.1) is 6.58 Å². The molecule has 0 spiro atoms.